The highest BCUT2D eigenvalue weighted by Gasteiger charge is 2.17. The molecule has 0 radical (unpaired) electrons. The second kappa shape index (κ2) is 7.22. The van der Waals surface area contributed by atoms with Crippen LogP contribution in [0.4, 0.5) is 5.82 Å². The van der Waals surface area contributed by atoms with Crippen LogP contribution in [0.1, 0.15) is 30.3 Å². The molecular weight excluding hydrogens is 336 g/mol. The third-order valence-electron chi connectivity index (χ3n) is 4.89. The van der Waals surface area contributed by atoms with Crippen LogP contribution in [-0.4, -0.2) is 40.5 Å². The molecular formula is C21H22N6. The molecule has 136 valence electrons. The average molecular weight is 358 g/mol. The summed E-state index contributed by atoms with van der Waals surface area (Å²) in [5, 5.41) is 14.0. The van der Waals surface area contributed by atoms with Crippen LogP contribution in [-0.2, 0) is 0 Å². The first-order valence-corrected chi connectivity index (χ1v) is 9.24. The summed E-state index contributed by atoms with van der Waals surface area (Å²) in [6.07, 6.45) is 6.77. The summed E-state index contributed by atoms with van der Waals surface area (Å²) < 4.78 is 1.98. The molecule has 1 aliphatic heterocycles. The first-order valence-electron chi connectivity index (χ1n) is 9.24. The van der Waals surface area contributed by atoms with Crippen molar-refractivity contribution in [2.45, 2.75) is 13.3 Å². The van der Waals surface area contributed by atoms with Gasteiger partial charge in [0.2, 0.25) is 0 Å². The highest BCUT2D eigenvalue weighted by molar-refractivity contribution is 5.86. The number of hydrogen-bond donors (Lipinski definition) is 1. The van der Waals surface area contributed by atoms with Gasteiger partial charge in [-0.25, -0.2) is 9.97 Å². The molecule has 0 unspecified atom stereocenters. The number of imidazole rings is 1. The lowest BCUT2D eigenvalue weighted by molar-refractivity contribution is 0.724. The van der Waals surface area contributed by atoms with Crippen LogP contribution in [0, 0.1) is 11.3 Å². The third kappa shape index (κ3) is 2.96. The molecule has 4 rings (SSSR count). The Morgan fingerprint density at radius 2 is 2.11 bits per heavy atom. The van der Waals surface area contributed by atoms with Crippen molar-refractivity contribution in [2.24, 2.45) is 0 Å². The van der Waals surface area contributed by atoms with Crippen LogP contribution >= 0.6 is 0 Å². The second-order valence-corrected chi connectivity index (χ2v) is 6.59. The van der Waals surface area contributed by atoms with Gasteiger partial charge in [0.1, 0.15) is 17.5 Å². The summed E-state index contributed by atoms with van der Waals surface area (Å²) in [5.74, 6) is 0.956. The zero-order valence-corrected chi connectivity index (χ0v) is 15.4. The normalized spacial score (nSPS) is 15.3. The minimum absolute atomic E-state index is 0.537. The Balaban J connectivity index is 2.01. The minimum atomic E-state index is 0.537. The lowest BCUT2D eigenvalue weighted by atomic mass is 10.2. The maximum atomic E-state index is 9.60. The highest BCUT2D eigenvalue weighted by atomic mass is 15.2. The molecule has 0 saturated carbocycles. The lowest BCUT2D eigenvalue weighted by Gasteiger charge is -2.21. The molecule has 0 aromatic carbocycles. The number of nitriles is 1. The van der Waals surface area contributed by atoms with Crippen molar-refractivity contribution in [3.63, 3.8) is 0 Å². The molecule has 1 saturated heterocycles. The van der Waals surface area contributed by atoms with Gasteiger partial charge in [-0.1, -0.05) is 12.7 Å². The number of fused-ring (bicyclic) bond motifs is 3. The summed E-state index contributed by atoms with van der Waals surface area (Å²) in [6.45, 7) is 9.75. The smallest absolute Gasteiger partial charge is 0.157 e. The molecule has 1 aliphatic rings. The monoisotopic (exact) mass is 358 g/mol. The van der Waals surface area contributed by atoms with Crippen molar-refractivity contribution in [2.75, 3.05) is 31.1 Å². The summed E-state index contributed by atoms with van der Waals surface area (Å²) in [6, 6.07) is 8.22. The van der Waals surface area contributed by atoms with E-state index < -0.39 is 0 Å². The van der Waals surface area contributed by atoms with Crippen LogP contribution < -0.4 is 10.2 Å². The van der Waals surface area contributed by atoms with Gasteiger partial charge in [-0.2, -0.15) is 5.26 Å². The number of rotatable bonds is 3. The quantitative estimate of drug-likeness (QED) is 0.778. The van der Waals surface area contributed by atoms with Gasteiger partial charge in [0.25, 0.3) is 0 Å². The van der Waals surface area contributed by atoms with Crippen molar-refractivity contribution in [3.8, 4) is 6.07 Å². The molecule has 6 nitrogen and oxygen atoms in total. The Hall–Kier alpha value is -3.17. The Morgan fingerprint density at radius 1 is 1.22 bits per heavy atom. The number of aromatic nitrogens is 3. The van der Waals surface area contributed by atoms with Crippen molar-refractivity contribution in [3.05, 3.63) is 47.8 Å². The molecule has 27 heavy (non-hydrogen) atoms. The molecule has 1 fully saturated rings. The molecule has 3 aromatic heterocycles. The van der Waals surface area contributed by atoms with E-state index in [1.165, 1.54) is 0 Å². The van der Waals surface area contributed by atoms with E-state index in [2.05, 4.69) is 27.8 Å². The Bertz CT molecular complexity index is 1080. The third-order valence-corrected chi connectivity index (χ3v) is 4.89. The first kappa shape index (κ1) is 17.3. The molecule has 0 aliphatic carbocycles. The topological polar surface area (TPSA) is 69.2 Å². The molecule has 0 amide bonds. The van der Waals surface area contributed by atoms with Crippen LogP contribution in [0.15, 0.2) is 30.9 Å². The van der Waals surface area contributed by atoms with Crippen molar-refractivity contribution in [1.29, 1.82) is 5.26 Å². The molecule has 0 bridgehead atoms. The Labute approximate surface area is 158 Å². The van der Waals surface area contributed by atoms with Crippen molar-refractivity contribution < 1.29 is 0 Å². The van der Waals surface area contributed by atoms with E-state index in [9.17, 15) is 5.26 Å². The van der Waals surface area contributed by atoms with Crippen LogP contribution in [0.25, 0.3) is 28.8 Å². The standard InChI is InChI=1S/C21H22N6/c1-3-6-18-17(4-2)24-21-16(14-22)13-15-7-8-19(25-20(15)27(18)21)26-11-5-9-23-10-12-26/h3-4,6-8,13,23H,2,5,9-12H2,1H3/b6-3-. The van der Waals surface area contributed by atoms with E-state index in [1.807, 2.05) is 41.7 Å². The fraction of sp³-hybridized carbons (Fsp3) is 0.286. The fourth-order valence-corrected chi connectivity index (χ4v) is 3.61. The van der Waals surface area contributed by atoms with E-state index in [4.69, 9.17) is 4.98 Å². The van der Waals surface area contributed by atoms with E-state index in [0.717, 1.165) is 60.8 Å². The first-order chi connectivity index (χ1) is 13.3. The number of allylic oxidation sites excluding steroid dienone is 1. The van der Waals surface area contributed by atoms with Gasteiger partial charge in [0, 0.05) is 25.0 Å². The predicted octanol–water partition coefficient (Wildman–Crippen LogP) is 3.23. The van der Waals surface area contributed by atoms with Crippen LogP contribution in [0.3, 0.4) is 0 Å². The maximum absolute atomic E-state index is 9.60. The fourth-order valence-electron chi connectivity index (χ4n) is 3.61. The van der Waals surface area contributed by atoms with E-state index >= 15 is 0 Å². The SMILES string of the molecule is C=Cc1nc2c(C#N)cc3ccc(N4CCCNCC4)nc3n2c1/C=C\C. The number of nitrogens with one attached hydrogen (secondary N) is 1. The number of pyridine rings is 2. The van der Waals surface area contributed by atoms with Gasteiger partial charge in [-0.05, 0) is 50.2 Å². The van der Waals surface area contributed by atoms with Crippen LogP contribution in [0.5, 0.6) is 0 Å². The van der Waals surface area contributed by atoms with Crippen molar-refractivity contribution >= 4 is 34.7 Å². The molecule has 1 N–H and O–H groups in total. The summed E-state index contributed by atoms with van der Waals surface area (Å²) in [5.41, 5.74) is 3.62. The van der Waals surface area contributed by atoms with Gasteiger partial charge in [-0.15, -0.1) is 0 Å². The number of hydrogen-bond acceptors (Lipinski definition) is 5. The largest absolute Gasteiger partial charge is 0.355 e. The average Bonchev–Trinajstić information content (AvgIpc) is 2.87. The molecule has 0 spiro atoms. The molecule has 3 aromatic rings. The van der Waals surface area contributed by atoms with Gasteiger partial charge in [0.15, 0.2) is 5.65 Å². The zero-order chi connectivity index (χ0) is 18.8. The summed E-state index contributed by atoms with van der Waals surface area (Å²) >= 11 is 0. The summed E-state index contributed by atoms with van der Waals surface area (Å²) in [7, 11) is 0. The van der Waals surface area contributed by atoms with Gasteiger partial charge in [0.05, 0.1) is 17.0 Å². The van der Waals surface area contributed by atoms with Gasteiger partial charge >= 0.3 is 0 Å². The highest BCUT2D eigenvalue weighted by Crippen LogP contribution is 2.27. The number of nitrogens with zero attached hydrogens (tertiary/aromatic N) is 5. The van der Waals surface area contributed by atoms with Crippen molar-refractivity contribution in [1.82, 2.24) is 19.7 Å². The van der Waals surface area contributed by atoms with Gasteiger partial charge in [-0.3, -0.25) is 4.40 Å². The minimum Gasteiger partial charge on any atom is -0.355 e. The Kier molecular flexibility index (Phi) is 4.61. The molecule has 0 atom stereocenters. The summed E-state index contributed by atoms with van der Waals surface area (Å²) in [4.78, 5) is 11.9. The molecule has 4 heterocycles. The van der Waals surface area contributed by atoms with E-state index in [0.29, 0.717) is 11.2 Å². The predicted molar refractivity (Wildman–Crippen MR) is 110 cm³/mol. The Morgan fingerprint density at radius 3 is 2.89 bits per heavy atom. The van der Waals surface area contributed by atoms with E-state index in [1.54, 1.807) is 6.08 Å². The number of anilines is 1. The van der Waals surface area contributed by atoms with Gasteiger partial charge < -0.3 is 10.2 Å². The lowest BCUT2D eigenvalue weighted by Crippen LogP contribution is -2.28. The second-order valence-electron chi connectivity index (χ2n) is 6.59. The molecule has 6 heteroatoms. The maximum Gasteiger partial charge on any atom is 0.157 e. The van der Waals surface area contributed by atoms with Crippen LogP contribution in [0.2, 0.25) is 0 Å². The van der Waals surface area contributed by atoms with E-state index in [-0.39, 0.29) is 0 Å². The zero-order valence-electron chi connectivity index (χ0n) is 15.4.